The lowest BCUT2D eigenvalue weighted by Crippen LogP contribution is -2.15. The van der Waals surface area contributed by atoms with Crippen LogP contribution in [0.4, 0.5) is 0 Å². The third-order valence-electron chi connectivity index (χ3n) is 3.02. The zero-order valence-corrected chi connectivity index (χ0v) is 13.1. The van der Waals surface area contributed by atoms with Crippen LogP contribution in [0.25, 0.3) is 0 Å². The smallest absolute Gasteiger partial charge is 0.0947 e. The van der Waals surface area contributed by atoms with Gasteiger partial charge in [0.05, 0.1) is 10.7 Å². The predicted molar refractivity (Wildman–Crippen MR) is 82.9 cm³/mol. The summed E-state index contributed by atoms with van der Waals surface area (Å²) in [4.78, 5) is 4.67. The Morgan fingerprint density at radius 3 is 2.58 bits per heavy atom. The Hall–Kier alpha value is -0.900. The molecule has 0 saturated carbocycles. The van der Waals surface area contributed by atoms with Gasteiger partial charge in [0.2, 0.25) is 0 Å². The Labute approximate surface area is 123 Å². The zero-order chi connectivity index (χ0) is 14.0. The summed E-state index contributed by atoms with van der Waals surface area (Å²) in [6.07, 6.45) is 0.727. The Morgan fingerprint density at radius 1 is 1.32 bits per heavy atom. The molecular formula is C15H19ClN2S. The van der Waals surface area contributed by atoms with Gasteiger partial charge in [0.25, 0.3) is 0 Å². The van der Waals surface area contributed by atoms with E-state index >= 15 is 0 Å². The SMILES string of the molecule is CC(C)(C)c1csc(CC(N)c2ccccc2Cl)n1. The van der Waals surface area contributed by atoms with Gasteiger partial charge in [-0.3, -0.25) is 0 Å². The first-order valence-corrected chi connectivity index (χ1v) is 7.58. The number of rotatable bonds is 3. The second-order valence-electron chi connectivity index (χ2n) is 5.71. The molecule has 19 heavy (non-hydrogen) atoms. The molecule has 1 atom stereocenters. The van der Waals surface area contributed by atoms with Gasteiger partial charge in [-0.25, -0.2) is 4.98 Å². The number of hydrogen-bond donors (Lipinski definition) is 1. The molecule has 2 N–H and O–H groups in total. The van der Waals surface area contributed by atoms with Gasteiger partial charge >= 0.3 is 0 Å². The van der Waals surface area contributed by atoms with Gasteiger partial charge in [0.15, 0.2) is 0 Å². The van der Waals surface area contributed by atoms with Crippen LogP contribution in [0.3, 0.4) is 0 Å². The van der Waals surface area contributed by atoms with Gasteiger partial charge in [-0.1, -0.05) is 50.6 Å². The van der Waals surface area contributed by atoms with Gasteiger partial charge in [-0.2, -0.15) is 0 Å². The van der Waals surface area contributed by atoms with Gasteiger partial charge < -0.3 is 5.73 Å². The largest absolute Gasteiger partial charge is 0.324 e. The molecule has 0 radical (unpaired) electrons. The number of nitrogens with two attached hydrogens (primary N) is 1. The fourth-order valence-electron chi connectivity index (χ4n) is 1.82. The van der Waals surface area contributed by atoms with E-state index in [1.807, 2.05) is 24.3 Å². The highest BCUT2D eigenvalue weighted by atomic mass is 35.5. The molecule has 1 heterocycles. The van der Waals surface area contributed by atoms with Gasteiger partial charge in [0, 0.05) is 28.3 Å². The lowest BCUT2D eigenvalue weighted by Gasteiger charge is -2.15. The third kappa shape index (κ3) is 3.56. The summed E-state index contributed by atoms with van der Waals surface area (Å²) in [5.41, 5.74) is 8.42. The molecule has 102 valence electrons. The number of thiazole rings is 1. The number of nitrogens with zero attached hydrogens (tertiary/aromatic N) is 1. The standard InChI is InChI=1S/C15H19ClN2S/c1-15(2,3)13-9-19-14(18-13)8-12(17)10-6-4-5-7-11(10)16/h4-7,9,12H,8,17H2,1-3H3. The highest BCUT2D eigenvalue weighted by molar-refractivity contribution is 7.09. The van der Waals surface area contributed by atoms with Crippen LogP contribution in [0, 0.1) is 0 Å². The molecule has 0 aliphatic rings. The van der Waals surface area contributed by atoms with Gasteiger partial charge in [-0.05, 0) is 11.6 Å². The summed E-state index contributed by atoms with van der Waals surface area (Å²) >= 11 is 7.84. The Kier molecular flexibility index (Phi) is 4.29. The van der Waals surface area contributed by atoms with Crippen molar-refractivity contribution in [2.24, 2.45) is 5.73 Å². The molecule has 0 bridgehead atoms. The van der Waals surface area contributed by atoms with Gasteiger partial charge in [-0.15, -0.1) is 11.3 Å². The first kappa shape index (κ1) is 14.5. The van der Waals surface area contributed by atoms with Crippen LogP contribution in [0.5, 0.6) is 0 Å². The number of benzene rings is 1. The Morgan fingerprint density at radius 2 is 2.00 bits per heavy atom. The van der Waals surface area contributed by atoms with Crippen molar-refractivity contribution in [3.05, 3.63) is 50.9 Å². The number of hydrogen-bond acceptors (Lipinski definition) is 3. The molecule has 0 saturated heterocycles. The van der Waals surface area contributed by atoms with Crippen LogP contribution in [0.15, 0.2) is 29.6 Å². The van der Waals surface area contributed by atoms with Crippen molar-refractivity contribution in [2.75, 3.05) is 0 Å². The van der Waals surface area contributed by atoms with Crippen LogP contribution in [-0.2, 0) is 11.8 Å². The Balaban J connectivity index is 2.14. The van der Waals surface area contributed by atoms with Crippen LogP contribution in [-0.4, -0.2) is 4.98 Å². The first-order valence-electron chi connectivity index (χ1n) is 6.33. The zero-order valence-electron chi connectivity index (χ0n) is 11.5. The molecule has 2 aromatic rings. The summed E-state index contributed by atoms with van der Waals surface area (Å²) in [5, 5.41) is 3.91. The summed E-state index contributed by atoms with van der Waals surface area (Å²) in [6.45, 7) is 6.50. The maximum Gasteiger partial charge on any atom is 0.0947 e. The summed E-state index contributed by atoms with van der Waals surface area (Å²) in [5.74, 6) is 0. The number of aromatic nitrogens is 1. The van der Waals surface area contributed by atoms with E-state index in [1.54, 1.807) is 11.3 Å². The van der Waals surface area contributed by atoms with Gasteiger partial charge in [0.1, 0.15) is 0 Å². The molecule has 1 unspecified atom stereocenters. The molecule has 0 aliphatic carbocycles. The van der Waals surface area contributed by atoms with E-state index in [4.69, 9.17) is 17.3 Å². The average molecular weight is 295 g/mol. The van der Waals surface area contributed by atoms with Crippen LogP contribution in [0.1, 0.15) is 43.1 Å². The first-order chi connectivity index (χ1) is 8.88. The molecule has 2 nitrogen and oxygen atoms in total. The van der Waals surface area contributed by atoms with Crippen LogP contribution < -0.4 is 5.73 Å². The van der Waals surface area contributed by atoms with Crippen molar-refractivity contribution in [3.8, 4) is 0 Å². The second kappa shape index (κ2) is 5.61. The molecule has 0 amide bonds. The van der Waals surface area contributed by atoms with E-state index in [2.05, 4.69) is 31.1 Å². The summed E-state index contributed by atoms with van der Waals surface area (Å²) in [7, 11) is 0. The highest BCUT2D eigenvalue weighted by Crippen LogP contribution is 2.28. The van der Waals surface area contributed by atoms with E-state index in [-0.39, 0.29) is 11.5 Å². The van der Waals surface area contributed by atoms with E-state index in [0.29, 0.717) is 0 Å². The van der Waals surface area contributed by atoms with E-state index in [9.17, 15) is 0 Å². The predicted octanol–water partition coefficient (Wildman–Crippen LogP) is 4.34. The van der Waals surface area contributed by atoms with E-state index in [0.717, 1.165) is 27.7 Å². The fourth-order valence-corrected chi connectivity index (χ4v) is 3.18. The van der Waals surface area contributed by atoms with Crippen LogP contribution >= 0.6 is 22.9 Å². The maximum absolute atomic E-state index is 6.23. The molecular weight excluding hydrogens is 276 g/mol. The van der Waals surface area contributed by atoms with Crippen molar-refractivity contribution in [3.63, 3.8) is 0 Å². The molecule has 0 aliphatic heterocycles. The fraction of sp³-hybridized carbons (Fsp3) is 0.400. The van der Waals surface area contributed by atoms with Crippen LogP contribution in [0.2, 0.25) is 5.02 Å². The topological polar surface area (TPSA) is 38.9 Å². The molecule has 4 heteroatoms. The third-order valence-corrected chi connectivity index (χ3v) is 4.23. The van der Waals surface area contributed by atoms with Crippen molar-refractivity contribution in [2.45, 2.75) is 38.6 Å². The van der Waals surface area contributed by atoms with Crippen molar-refractivity contribution < 1.29 is 0 Å². The second-order valence-corrected chi connectivity index (χ2v) is 7.06. The monoisotopic (exact) mass is 294 g/mol. The molecule has 1 aromatic carbocycles. The van der Waals surface area contributed by atoms with Crippen molar-refractivity contribution in [1.82, 2.24) is 4.98 Å². The minimum atomic E-state index is -0.104. The minimum absolute atomic E-state index is 0.0865. The minimum Gasteiger partial charge on any atom is -0.324 e. The molecule has 0 spiro atoms. The normalized spacial score (nSPS) is 13.5. The summed E-state index contributed by atoms with van der Waals surface area (Å²) < 4.78 is 0. The maximum atomic E-state index is 6.23. The van der Waals surface area contributed by atoms with Crippen molar-refractivity contribution in [1.29, 1.82) is 0 Å². The molecule has 0 fully saturated rings. The highest BCUT2D eigenvalue weighted by Gasteiger charge is 2.19. The van der Waals surface area contributed by atoms with E-state index < -0.39 is 0 Å². The lowest BCUT2D eigenvalue weighted by molar-refractivity contribution is 0.569. The molecule has 1 aromatic heterocycles. The van der Waals surface area contributed by atoms with E-state index in [1.165, 1.54) is 0 Å². The quantitative estimate of drug-likeness (QED) is 0.915. The number of halogens is 1. The average Bonchev–Trinajstić information content (AvgIpc) is 2.77. The summed E-state index contributed by atoms with van der Waals surface area (Å²) in [6, 6.07) is 7.63. The lowest BCUT2D eigenvalue weighted by atomic mass is 9.93. The van der Waals surface area contributed by atoms with Crippen molar-refractivity contribution >= 4 is 22.9 Å². The Bertz CT molecular complexity index is 557. The molecule has 2 rings (SSSR count).